The lowest BCUT2D eigenvalue weighted by Crippen LogP contribution is -1.93. The summed E-state index contributed by atoms with van der Waals surface area (Å²) in [5.41, 5.74) is 5.23. The number of rotatable bonds is 2. The van der Waals surface area contributed by atoms with E-state index in [2.05, 4.69) is 121 Å². The molecule has 0 amide bonds. The maximum absolute atomic E-state index is 10.5. The molecule has 2 heteroatoms. The van der Waals surface area contributed by atoms with Gasteiger partial charge in [0.15, 0.2) is 0 Å². The fourth-order valence-electron chi connectivity index (χ4n) is 9.03. The Labute approximate surface area is 286 Å². The van der Waals surface area contributed by atoms with Crippen LogP contribution < -0.4 is 0 Å². The minimum Gasteiger partial charge on any atom is -0.192 e. The smallest absolute Gasteiger partial charge is 0.0998 e. The quantitative estimate of drug-likeness (QED) is 0.179. The zero-order valence-electron chi connectivity index (χ0n) is 26.8. The van der Waals surface area contributed by atoms with Gasteiger partial charge >= 0.3 is 0 Å². The number of benzene rings is 9. The Morgan fingerprint density at radius 2 is 0.760 bits per heavy atom. The number of hydrogen-bond donors (Lipinski definition) is 0. The lowest BCUT2D eigenvalue weighted by atomic mass is 9.83. The second-order valence-electron chi connectivity index (χ2n) is 13.3. The van der Waals surface area contributed by atoms with Crippen molar-refractivity contribution in [3.05, 3.63) is 157 Å². The molecular weight excluding hydrogens is 605 g/mol. The van der Waals surface area contributed by atoms with Gasteiger partial charge in [0.1, 0.15) is 0 Å². The van der Waals surface area contributed by atoms with E-state index in [1.807, 2.05) is 36.4 Å². The van der Waals surface area contributed by atoms with Gasteiger partial charge in [-0.2, -0.15) is 10.5 Å². The summed E-state index contributed by atoms with van der Waals surface area (Å²) in [6.07, 6.45) is 0. The van der Waals surface area contributed by atoms with E-state index in [1.54, 1.807) is 0 Å². The van der Waals surface area contributed by atoms with Crippen LogP contribution in [0.2, 0.25) is 0 Å². The van der Waals surface area contributed by atoms with Crippen molar-refractivity contribution in [2.45, 2.75) is 0 Å². The molecule has 0 aliphatic heterocycles. The molecule has 0 unspecified atom stereocenters. The number of fused-ring (bicyclic) bond motifs is 9. The Bertz CT molecular complexity index is 3330. The standard InChI is InChI=1S/C48H24N2/c49-25-29-11-2-5-16-32(29)45-41-23-38-35-19-9-18-34-31-15-4-1-10-28(31)22-40(44(34)35)39(38)24-42(41)46(33-17-6-3-12-30(33)26-50)48-37-21-8-14-27-13-7-20-36(43(27)37)47(45)48/h1-24H. The Kier molecular flexibility index (Phi) is 5.28. The number of nitriles is 2. The lowest BCUT2D eigenvalue weighted by molar-refractivity contribution is 1.48. The minimum atomic E-state index is 0.640. The molecule has 0 fully saturated rings. The van der Waals surface area contributed by atoms with Gasteiger partial charge in [-0.25, -0.2) is 0 Å². The summed E-state index contributed by atoms with van der Waals surface area (Å²) >= 11 is 0. The van der Waals surface area contributed by atoms with Crippen LogP contribution in [0.15, 0.2) is 146 Å². The van der Waals surface area contributed by atoms with Crippen LogP contribution in [0.3, 0.4) is 0 Å². The topological polar surface area (TPSA) is 47.6 Å². The second kappa shape index (κ2) is 9.77. The van der Waals surface area contributed by atoms with Crippen LogP contribution >= 0.6 is 0 Å². The molecule has 0 heterocycles. The molecule has 2 nitrogen and oxygen atoms in total. The van der Waals surface area contributed by atoms with Gasteiger partial charge in [0.2, 0.25) is 0 Å². The zero-order valence-corrected chi connectivity index (χ0v) is 26.8. The van der Waals surface area contributed by atoms with Gasteiger partial charge in [-0.05, 0) is 128 Å². The molecule has 50 heavy (non-hydrogen) atoms. The first-order valence-corrected chi connectivity index (χ1v) is 16.9. The van der Waals surface area contributed by atoms with Crippen LogP contribution in [-0.4, -0.2) is 0 Å². The molecule has 0 bridgehead atoms. The average molecular weight is 629 g/mol. The molecular formula is C48H24N2. The Balaban J connectivity index is 1.49. The molecule has 0 aliphatic carbocycles. The van der Waals surface area contributed by atoms with E-state index in [9.17, 15) is 10.5 Å². The molecule has 0 atom stereocenters. The van der Waals surface area contributed by atoms with E-state index in [0.29, 0.717) is 11.1 Å². The van der Waals surface area contributed by atoms with Crippen molar-refractivity contribution in [2.24, 2.45) is 0 Å². The van der Waals surface area contributed by atoms with E-state index in [0.717, 1.165) is 54.6 Å². The van der Waals surface area contributed by atoms with Crippen LogP contribution in [0, 0.1) is 22.7 Å². The van der Waals surface area contributed by atoms with E-state index in [4.69, 9.17) is 0 Å². The Morgan fingerprint density at radius 1 is 0.300 bits per heavy atom. The first kappa shape index (κ1) is 27.0. The Morgan fingerprint density at radius 3 is 1.38 bits per heavy atom. The molecule has 0 saturated carbocycles. The largest absolute Gasteiger partial charge is 0.192 e. The molecule has 11 aromatic rings. The van der Waals surface area contributed by atoms with Crippen LogP contribution in [0.4, 0.5) is 0 Å². The van der Waals surface area contributed by atoms with Crippen molar-refractivity contribution in [3.63, 3.8) is 0 Å². The molecule has 11 rings (SSSR count). The van der Waals surface area contributed by atoms with Crippen molar-refractivity contribution >= 4 is 86.2 Å². The highest BCUT2D eigenvalue weighted by molar-refractivity contribution is 6.42. The van der Waals surface area contributed by atoms with Crippen LogP contribution in [0.25, 0.3) is 108 Å². The first-order chi connectivity index (χ1) is 24.7. The van der Waals surface area contributed by atoms with Gasteiger partial charge in [0, 0.05) is 11.1 Å². The predicted octanol–water partition coefficient (Wildman–Crippen LogP) is 12.9. The maximum Gasteiger partial charge on any atom is 0.0998 e. The van der Waals surface area contributed by atoms with Gasteiger partial charge in [0.25, 0.3) is 0 Å². The molecule has 0 aliphatic rings. The van der Waals surface area contributed by atoms with E-state index in [-0.39, 0.29) is 0 Å². The zero-order chi connectivity index (χ0) is 33.1. The van der Waals surface area contributed by atoms with Crippen molar-refractivity contribution < 1.29 is 0 Å². The summed E-state index contributed by atoms with van der Waals surface area (Å²) in [6, 6.07) is 56.5. The number of hydrogen-bond acceptors (Lipinski definition) is 2. The summed E-state index contributed by atoms with van der Waals surface area (Å²) in [4.78, 5) is 0. The van der Waals surface area contributed by atoms with Crippen molar-refractivity contribution in [2.75, 3.05) is 0 Å². The molecule has 0 radical (unpaired) electrons. The van der Waals surface area contributed by atoms with E-state index in [1.165, 1.54) is 53.9 Å². The van der Waals surface area contributed by atoms with Gasteiger partial charge in [-0.3, -0.25) is 0 Å². The normalized spacial score (nSPS) is 12.0. The average Bonchev–Trinajstić information content (AvgIpc) is 3.67. The fourth-order valence-corrected chi connectivity index (χ4v) is 9.03. The van der Waals surface area contributed by atoms with Gasteiger partial charge in [-0.15, -0.1) is 0 Å². The van der Waals surface area contributed by atoms with Crippen molar-refractivity contribution in [1.29, 1.82) is 10.5 Å². The Hall–Kier alpha value is -7.00. The summed E-state index contributed by atoms with van der Waals surface area (Å²) in [7, 11) is 0. The SMILES string of the molecule is N#Cc1ccccc1-c1c2cc3c(cc2c(-c2ccccc2C#N)c2c4cccc5cccc(c12)c54)c1cc2ccccc2c2cccc3c21. The predicted molar refractivity (Wildman–Crippen MR) is 209 cm³/mol. The highest BCUT2D eigenvalue weighted by atomic mass is 14.3. The summed E-state index contributed by atoms with van der Waals surface area (Å²) in [5.74, 6) is 0. The monoisotopic (exact) mass is 628 g/mol. The highest BCUT2D eigenvalue weighted by Crippen LogP contribution is 2.54. The molecule has 11 aromatic carbocycles. The third kappa shape index (κ3) is 3.35. The molecule has 226 valence electrons. The van der Waals surface area contributed by atoms with Crippen LogP contribution in [0.1, 0.15) is 11.1 Å². The van der Waals surface area contributed by atoms with E-state index < -0.39 is 0 Å². The first-order valence-electron chi connectivity index (χ1n) is 16.9. The third-order valence-corrected chi connectivity index (χ3v) is 11.0. The van der Waals surface area contributed by atoms with Crippen LogP contribution in [-0.2, 0) is 0 Å². The molecule has 0 N–H and O–H groups in total. The van der Waals surface area contributed by atoms with Gasteiger partial charge < -0.3 is 0 Å². The van der Waals surface area contributed by atoms with Crippen LogP contribution in [0.5, 0.6) is 0 Å². The molecule has 0 saturated heterocycles. The lowest BCUT2D eigenvalue weighted by Gasteiger charge is -2.18. The van der Waals surface area contributed by atoms with Crippen molar-refractivity contribution in [3.8, 4) is 34.4 Å². The second-order valence-corrected chi connectivity index (χ2v) is 13.3. The number of nitrogens with zero attached hydrogens (tertiary/aromatic N) is 2. The highest BCUT2D eigenvalue weighted by Gasteiger charge is 2.26. The minimum absolute atomic E-state index is 0.640. The molecule has 0 aromatic heterocycles. The van der Waals surface area contributed by atoms with Gasteiger partial charge in [0.05, 0.1) is 23.3 Å². The third-order valence-electron chi connectivity index (χ3n) is 11.0. The summed E-state index contributed by atoms with van der Waals surface area (Å²) < 4.78 is 0. The fraction of sp³-hybridized carbons (Fsp3) is 0. The van der Waals surface area contributed by atoms with Crippen molar-refractivity contribution in [1.82, 2.24) is 0 Å². The van der Waals surface area contributed by atoms with E-state index >= 15 is 0 Å². The molecule has 0 spiro atoms. The summed E-state index contributed by atoms with van der Waals surface area (Å²) in [6.45, 7) is 0. The maximum atomic E-state index is 10.5. The summed E-state index contributed by atoms with van der Waals surface area (Å²) in [5, 5.41) is 40.0. The van der Waals surface area contributed by atoms with Gasteiger partial charge in [-0.1, -0.05) is 115 Å².